The zero-order valence-corrected chi connectivity index (χ0v) is 15.7. The Hall–Kier alpha value is -3.41. The predicted molar refractivity (Wildman–Crippen MR) is 110 cm³/mol. The zero-order valence-electron chi connectivity index (χ0n) is 15.7. The van der Waals surface area contributed by atoms with Gasteiger partial charge in [-0.2, -0.15) is 5.10 Å². The molecular weight excluding hydrogens is 350 g/mol. The summed E-state index contributed by atoms with van der Waals surface area (Å²) < 4.78 is 1.79. The van der Waals surface area contributed by atoms with Crippen LogP contribution in [0.5, 0.6) is 0 Å². The number of nitrogens with one attached hydrogen (secondary N) is 1. The first-order valence-corrected chi connectivity index (χ1v) is 9.54. The summed E-state index contributed by atoms with van der Waals surface area (Å²) in [5.74, 6) is 0.861. The molecule has 0 unspecified atom stereocenters. The molecule has 1 fully saturated rings. The number of hydrogen-bond donors (Lipinski definition) is 1. The Morgan fingerprint density at radius 3 is 2.79 bits per heavy atom. The van der Waals surface area contributed by atoms with Gasteiger partial charge in [-0.15, -0.1) is 0 Å². The molecular formula is C22H23N5O. The zero-order chi connectivity index (χ0) is 19.2. The summed E-state index contributed by atoms with van der Waals surface area (Å²) in [6, 6.07) is 13.9. The van der Waals surface area contributed by atoms with Crippen molar-refractivity contribution in [2.24, 2.45) is 0 Å². The van der Waals surface area contributed by atoms with E-state index in [2.05, 4.69) is 26.4 Å². The first kappa shape index (κ1) is 18.0. The molecule has 1 aliphatic rings. The number of aromatic nitrogens is 3. The summed E-state index contributed by atoms with van der Waals surface area (Å²) in [7, 11) is 0. The molecule has 1 saturated heterocycles. The van der Waals surface area contributed by atoms with E-state index in [0.29, 0.717) is 6.54 Å². The van der Waals surface area contributed by atoms with Gasteiger partial charge in [-0.25, -0.2) is 9.67 Å². The lowest BCUT2D eigenvalue weighted by molar-refractivity contribution is -0.116. The lowest BCUT2D eigenvalue weighted by Gasteiger charge is -2.16. The number of nitrogens with zero attached hydrogens (tertiary/aromatic N) is 4. The van der Waals surface area contributed by atoms with E-state index in [0.717, 1.165) is 35.7 Å². The van der Waals surface area contributed by atoms with Crippen LogP contribution in [0.2, 0.25) is 0 Å². The van der Waals surface area contributed by atoms with Crippen molar-refractivity contribution in [3.63, 3.8) is 0 Å². The van der Waals surface area contributed by atoms with Gasteiger partial charge in [-0.1, -0.05) is 18.2 Å². The standard InChI is InChI=1S/C22H23N5O/c28-22(9-8-19-16-25-27(17-19)20-6-2-1-3-7-20)24-15-18-10-11-23-21(14-18)26-12-4-5-13-26/h1-3,6-11,14,16-17H,4-5,12-13,15H2,(H,24,28)/b9-8+. The quantitative estimate of drug-likeness (QED) is 0.674. The van der Waals surface area contributed by atoms with Crippen molar-refractivity contribution in [3.8, 4) is 5.69 Å². The SMILES string of the molecule is O=C(/C=C/c1cnn(-c2ccccc2)c1)NCc1ccnc(N2CCCC2)c1. The van der Waals surface area contributed by atoms with Crippen molar-refractivity contribution in [2.45, 2.75) is 19.4 Å². The van der Waals surface area contributed by atoms with Crippen molar-refractivity contribution >= 4 is 17.8 Å². The second-order valence-electron chi connectivity index (χ2n) is 6.82. The largest absolute Gasteiger partial charge is 0.357 e. The van der Waals surface area contributed by atoms with Gasteiger partial charge in [0.2, 0.25) is 5.91 Å². The highest BCUT2D eigenvalue weighted by atomic mass is 16.1. The fourth-order valence-electron chi connectivity index (χ4n) is 3.25. The molecule has 1 aromatic carbocycles. The van der Waals surface area contributed by atoms with Gasteiger partial charge in [-0.3, -0.25) is 4.79 Å². The molecule has 1 aliphatic heterocycles. The van der Waals surface area contributed by atoms with Crippen LogP contribution in [0.1, 0.15) is 24.0 Å². The molecule has 1 N–H and O–H groups in total. The van der Waals surface area contributed by atoms with Crippen molar-refractivity contribution in [1.82, 2.24) is 20.1 Å². The second-order valence-corrected chi connectivity index (χ2v) is 6.82. The predicted octanol–water partition coefficient (Wildman–Crippen LogP) is 3.20. The fraction of sp³-hybridized carbons (Fsp3) is 0.227. The number of rotatable bonds is 6. The average molecular weight is 373 g/mol. The summed E-state index contributed by atoms with van der Waals surface area (Å²) in [6.07, 6.45) is 11.2. The average Bonchev–Trinajstić information content (AvgIpc) is 3.44. The Morgan fingerprint density at radius 1 is 1.14 bits per heavy atom. The number of carbonyl (C=O) groups is 1. The summed E-state index contributed by atoms with van der Waals surface area (Å²) in [5.41, 5.74) is 2.91. The van der Waals surface area contributed by atoms with Gasteiger partial charge < -0.3 is 10.2 Å². The summed E-state index contributed by atoms with van der Waals surface area (Å²) >= 11 is 0. The first-order valence-electron chi connectivity index (χ1n) is 9.54. The van der Waals surface area contributed by atoms with Gasteiger partial charge in [0.05, 0.1) is 11.9 Å². The van der Waals surface area contributed by atoms with Gasteiger partial charge in [-0.05, 0) is 48.7 Å². The van der Waals surface area contributed by atoms with E-state index in [1.54, 1.807) is 17.0 Å². The van der Waals surface area contributed by atoms with E-state index in [4.69, 9.17) is 0 Å². The molecule has 0 saturated carbocycles. The van der Waals surface area contributed by atoms with E-state index >= 15 is 0 Å². The van der Waals surface area contributed by atoms with Gasteiger partial charge in [0.15, 0.2) is 0 Å². The number of amides is 1. The molecule has 0 radical (unpaired) electrons. The number of para-hydroxylation sites is 1. The molecule has 0 atom stereocenters. The molecule has 3 heterocycles. The van der Waals surface area contributed by atoms with Crippen LogP contribution >= 0.6 is 0 Å². The molecule has 1 amide bonds. The van der Waals surface area contributed by atoms with E-state index in [9.17, 15) is 4.79 Å². The molecule has 6 nitrogen and oxygen atoms in total. The van der Waals surface area contributed by atoms with Crippen LogP contribution in [-0.4, -0.2) is 33.8 Å². The topological polar surface area (TPSA) is 63.1 Å². The van der Waals surface area contributed by atoms with E-state index in [1.165, 1.54) is 18.9 Å². The van der Waals surface area contributed by atoms with E-state index < -0.39 is 0 Å². The minimum Gasteiger partial charge on any atom is -0.357 e. The lowest BCUT2D eigenvalue weighted by atomic mass is 10.2. The highest BCUT2D eigenvalue weighted by Gasteiger charge is 2.13. The highest BCUT2D eigenvalue weighted by Crippen LogP contribution is 2.18. The van der Waals surface area contributed by atoms with Crippen LogP contribution in [0.15, 0.2) is 67.1 Å². The molecule has 3 aromatic rings. The third-order valence-electron chi connectivity index (χ3n) is 4.76. The van der Waals surface area contributed by atoms with Crippen molar-refractivity contribution in [3.05, 3.63) is 78.3 Å². The molecule has 0 bridgehead atoms. The Bertz CT molecular complexity index is 958. The van der Waals surface area contributed by atoms with Crippen molar-refractivity contribution < 1.29 is 4.79 Å². The number of anilines is 1. The number of carbonyl (C=O) groups excluding carboxylic acids is 1. The van der Waals surface area contributed by atoms with Gasteiger partial charge >= 0.3 is 0 Å². The summed E-state index contributed by atoms with van der Waals surface area (Å²) in [4.78, 5) is 18.9. The molecule has 142 valence electrons. The Kier molecular flexibility index (Phi) is 5.47. The Labute approximate surface area is 164 Å². The smallest absolute Gasteiger partial charge is 0.244 e. The number of benzene rings is 1. The summed E-state index contributed by atoms with van der Waals surface area (Å²) in [5, 5.41) is 7.25. The third kappa shape index (κ3) is 4.46. The molecule has 6 heteroatoms. The normalized spacial score (nSPS) is 13.9. The fourth-order valence-corrected chi connectivity index (χ4v) is 3.25. The number of pyridine rings is 1. The maximum atomic E-state index is 12.2. The van der Waals surface area contributed by atoms with Crippen LogP contribution < -0.4 is 10.2 Å². The van der Waals surface area contributed by atoms with Crippen LogP contribution in [0, 0.1) is 0 Å². The van der Waals surface area contributed by atoms with Gasteiger partial charge in [0, 0.05) is 43.7 Å². The van der Waals surface area contributed by atoms with Crippen LogP contribution in [0.25, 0.3) is 11.8 Å². The molecule has 0 aliphatic carbocycles. The van der Waals surface area contributed by atoms with Crippen molar-refractivity contribution in [1.29, 1.82) is 0 Å². The highest BCUT2D eigenvalue weighted by molar-refractivity contribution is 5.91. The maximum absolute atomic E-state index is 12.2. The second kappa shape index (κ2) is 8.52. The lowest BCUT2D eigenvalue weighted by Crippen LogP contribution is -2.22. The minimum atomic E-state index is -0.132. The van der Waals surface area contributed by atoms with Crippen molar-refractivity contribution in [2.75, 3.05) is 18.0 Å². The monoisotopic (exact) mass is 373 g/mol. The third-order valence-corrected chi connectivity index (χ3v) is 4.76. The van der Waals surface area contributed by atoms with Crippen LogP contribution in [-0.2, 0) is 11.3 Å². The molecule has 0 spiro atoms. The van der Waals surface area contributed by atoms with E-state index in [1.807, 2.05) is 48.8 Å². The van der Waals surface area contributed by atoms with Gasteiger partial charge in [0.25, 0.3) is 0 Å². The Balaban J connectivity index is 1.32. The number of hydrogen-bond acceptors (Lipinski definition) is 4. The maximum Gasteiger partial charge on any atom is 0.244 e. The van der Waals surface area contributed by atoms with Gasteiger partial charge in [0.1, 0.15) is 5.82 Å². The first-order chi connectivity index (χ1) is 13.8. The molecule has 2 aromatic heterocycles. The molecule has 28 heavy (non-hydrogen) atoms. The summed E-state index contributed by atoms with van der Waals surface area (Å²) in [6.45, 7) is 2.60. The van der Waals surface area contributed by atoms with Crippen LogP contribution in [0.3, 0.4) is 0 Å². The minimum absolute atomic E-state index is 0.132. The van der Waals surface area contributed by atoms with E-state index in [-0.39, 0.29) is 5.91 Å². The Morgan fingerprint density at radius 2 is 1.96 bits per heavy atom. The van der Waals surface area contributed by atoms with Crippen LogP contribution in [0.4, 0.5) is 5.82 Å². The molecule has 4 rings (SSSR count).